The molecule has 0 aliphatic rings. The van der Waals surface area contributed by atoms with Crippen molar-refractivity contribution < 1.29 is 27.5 Å². The maximum atomic E-state index is 12.5. The zero-order valence-electron chi connectivity index (χ0n) is 17.2. The number of carbonyl (C=O) groups is 2. The SMILES string of the molecule is CCN(CC)S(=O)(=O)c1ccc(/C=C/C(=O)OCC(=O)c2cccc(OC)c2)cc1. The molecule has 0 saturated heterocycles. The van der Waals surface area contributed by atoms with E-state index in [1.54, 1.807) is 50.2 Å². The molecule has 30 heavy (non-hydrogen) atoms. The van der Waals surface area contributed by atoms with Crippen LogP contribution in [-0.2, 0) is 19.6 Å². The number of esters is 1. The largest absolute Gasteiger partial charge is 0.497 e. The number of rotatable bonds is 10. The first-order chi connectivity index (χ1) is 14.3. The third-order valence-corrected chi connectivity index (χ3v) is 6.44. The van der Waals surface area contributed by atoms with Gasteiger partial charge in [-0.3, -0.25) is 4.79 Å². The number of sulfonamides is 1. The molecule has 0 amide bonds. The maximum absolute atomic E-state index is 12.5. The molecule has 0 heterocycles. The highest BCUT2D eigenvalue weighted by Crippen LogP contribution is 2.17. The van der Waals surface area contributed by atoms with Crippen LogP contribution in [0.3, 0.4) is 0 Å². The van der Waals surface area contributed by atoms with E-state index in [2.05, 4.69) is 0 Å². The van der Waals surface area contributed by atoms with Crippen molar-refractivity contribution in [2.45, 2.75) is 18.7 Å². The van der Waals surface area contributed by atoms with Gasteiger partial charge in [-0.25, -0.2) is 13.2 Å². The van der Waals surface area contributed by atoms with Crippen molar-refractivity contribution >= 4 is 27.9 Å². The van der Waals surface area contributed by atoms with Crippen LogP contribution in [0.25, 0.3) is 6.08 Å². The minimum absolute atomic E-state index is 0.190. The van der Waals surface area contributed by atoms with Gasteiger partial charge in [0.2, 0.25) is 10.0 Å². The third-order valence-electron chi connectivity index (χ3n) is 4.37. The molecular formula is C22H25NO6S. The van der Waals surface area contributed by atoms with Crippen LogP contribution in [0.15, 0.2) is 59.5 Å². The molecule has 0 radical (unpaired) electrons. The van der Waals surface area contributed by atoms with E-state index in [1.807, 2.05) is 0 Å². The Balaban J connectivity index is 1.95. The molecule has 0 aromatic heterocycles. The van der Waals surface area contributed by atoms with Gasteiger partial charge in [-0.15, -0.1) is 0 Å². The van der Waals surface area contributed by atoms with E-state index in [9.17, 15) is 18.0 Å². The molecule has 0 unspecified atom stereocenters. The lowest BCUT2D eigenvalue weighted by molar-refractivity contribution is -0.136. The zero-order chi connectivity index (χ0) is 22.1. The molecule has 0 atom stereocenters. The van der Waals surface area contributed by atoms with Gasteiger partial charge in [-0.1, -0.05) is 38.1 Å². The van der Waals surface area contributed by atoms with Crippen molar-refractivity contribution in [2.24, 2.45) is 0 Å². The zero-order valence-corrected chi connectivity index (χ0v) is 18.0. The average molecular weight is 432 g/mol. The Labute approximate surface area is 177 Å². The first-order valence-corrected chi connectivity index (χ1v) is 10.9. The minimum atomic E-state index is -3.53. The minimum Gasteiger partial charge on any atom is -0.497 e. The molecule has 0 bridgehead atoms. The number of hydrogen-bond acceptors (Lipinski definition) is 6. The lowest BCUT2D eigenvalue weighted by Crippen LogP contribution is -2.30. The van der Waals surface area contributed by atoms with Gasteiger partial charge in [0.25, 0.3) is 0 Å². The van der Waals surface area contributed by atoms with Gasteiger partial charge in [0.1, 0.15) is 5.75 Å². The van der Waals surface area contributed by atoms with Crippen LogP contribution < -0.4 is 4.74 Å². The van der Waals surface area contributed by atoms with Gasteiger partial charge >= 0.3 is 5.97 Å². The Morgan fingerprint density at radius 2 is 1.70 bits per heavy atom. The predicted molar refractivity (Wildman–Crippen MR) is 114 cm³/mol. The number of hydrogen-bond donors (Lipinski definition) is 0. The fourth-order valence-electron chi connectivity index (χ4n) is 2.69. The number of methoxy groups -OCH3 is 1. The molecule has 0 N–H and O–H groups in total. The number of ether oxygens (including phenoxy) is 2. The van der Waals surface area contributed by atoms with Crippen LogP contribution in [0.2, 0.25) is 0 Å². The number of carbonyl (C=O) groups excluding carboxylic acids is 2. The second-order valence-electron chi connectivity index (χ2n) is 6.25. The van der Waals surface area contributed by atoms with Gasteiger partial charge in [0.15, 0.2) is 12.4 Å². The normalized spacial score (nSPS) is 11.6. The van der Waals surface area contributed by atoms with Gasteiger partial charge in [0.05, 0.1) is 12.0 Å². The van der Waals surface area contributed by atoms with Crippen molar-refractivity contribution in [3.63, 3.8) is 0 Å². The topological polar surface area (TPSA) is 90.0 Å². The molecule has 0 saturated carbocycles. The molecule has 2 aromatic carbocycles. The molecule has 0 fully saturated rings. The highest BCUT2D eigenvalue weighted by atomic mass is 32.2. The van der Waals surface area contributed by atoms with E-state index < -0.39 is 22.6 Å². The molecule has 0 aliphatic heterocycles. The summed E-state index contributed by atoms with van der Waals surface area (Å²) in [5.74, 6) is -0.480. The molecule has 2 aromatic rings. The summed E-state index contributed by atoms with van der Waals surface area (Å²) in [7, 11) is -2.03. The van der Waals surface area contributed by atoms with E-state index in [0.717, 1.165) is 0 Å². The Morgan fingerprint density at radius 1 is 1.03 bits per heavy atom. The summed E-state index contributed by atoms with van der Waals surface area (Å²) in [6.45, 7) is 3.95. The smallest absolute Gasteiger partial charge is 0.331 e. The summed E-state index contributed by atoms with van der Waals surface area (Å²) >= 11 is 0. The Hall–Kier alpha value is -2.97. The van der Waals surface area contributed by atoms with Crippen LogP contribution in [-0.4, -0.2) is 51.3 Å². The molecule has 7 nitrogen and oxygen atoms in total. The Bertz CT molecular complexity index is 1010. The molecule has 0 spiro atoms. The van der Waals surface area contributed by atoms with Crippen molar-refractivity contribution in [1.82, 2.24) is 4.31 Å². The maximum Gasteiger partial charge on any atom is 0.331 e. The summed E-state index contributed by atoms with van der Waals surface area (Å²) in [4.78, 5) is 24.2. The van der Waals surface area contributed by atoms with Crippen LogP contribution >= 0.6 is 0 Å². The number of benzene rings is 2. The summed E-state index contributed by atoms with van der Waals surface area (Å²) < 4.78 is 36.3. The Morgan fingerprint density at radius 3 is 2.30 bits per heavy atom. The van der Waals surface area contributed by atoms with Gasteiger partial charge in [-0.05, 0) is 35.9 Å². The summed E-state index contributed by atoms with van der Waals surface area (Å²) in [6.07, 6.45) is 2.68. The van der Waals surface area contributed by atoms with Crippen LogP contribution in [0.4, 0.5) is 0 Å². The van der Waals surface area contributed by atoms with Crippen molar-refractivity contribution in [2.75, 3.05) is 26.8 Å². The van der Waals surface area contributed by atoms with E-state index in [0.29, 0.717) is 30.0 Å². The first-order valence-electron chi connectivity index (χ1n) is 9.44. The van der Waals surface area contributed by atoms with Crippen molar-refractivity contribution in [1.29, 1.82) is 0 Å². The second-order valence-corrected chi connectivity index (χ2v) is 8.19. The molecule has 8 heteroatoms. The summed E-state index contributed by atoms with van der Waals surface area (Å²) in [5, 5.41) is 0. The van der Waals surface area contributed by atoms with Gasteiger partial charge in [-0.2, -0.15) is 4.31 Å². The van der Waals surface area contributed by atoms with Gasteiger partial charge < -0.3 is 9.47 Å². The predicted octanol–water partition coefficient (Wildman–Crippen LogP) is 3.17. The van der Waals surface area contributed by atoms with Crippen molar-refractivity contribution in [3.8, 4) is 5.75 Å². The Kier molecular flexibility index (Phi) is 8.32. The molecule has 2 rings (SSSR count). The molecular weight excluding hydrogens is 406 g/mol. The highest BCUT2D eigenvalue weighted by Gasteiger charge is 2.20. The van der Waals surface area contributed by atoms with Crippen LogP contribution in [0.1, 0.15) is 29.8 Å². The summed E-state index contributed by atoms with van der Waals surface area (Å²) in [5.41, 5.74) is 1.01. The fraction of sp³-hybridized carbons (Fsp3) is 0.273. The third kappa shape index (κ3) is 6.01. The second kappa shape index (κ2) is 10.7. The number of ketones is 1. The number of Topliss-reactive ketones (excluding diaryl/α,β-unsaturated/α-hetero) is 1. The first kappa shape index (κ1) is 23.3. The standard InChI is InChI=1S/C22H25NO6S/c1-4-23(5-2)30(26,27)20-12-9-17(10-13-20)11-14-22(25)29-16-21(24)18-7-6-8-19(15-18)28-3/h6-15H,4-5,16H2,1-3H3/b14-11+. The quantitative estimate of drug-likeness (QED) is 0.326. The van der Waals surface area contributed by atoms with Crippen LogP contribution in [0, 0.1) is 0 Å². The lowest BCUT2D eigenvalue weighted by atomic mass is 10.1. The average Bonchev–Trinajstić information content (AvgIpc) is 2.77. The monoisotopic (exact) mass is 431 g/mol. The molecule has 0 aliphatic carbocycles. The van der Waals surface area contributed by atoms with E-state index >= 15 is 0 Å². The molecule has 160 valence electrons. The number of nitrogens with zero attached hydrogens (tertiary/aromatic N) is 1. The van der Waals surface area contributed by atoms with Crippen molar-refractivity contribution in [3.05, 3.63) is 65.7 Å². The highest BCUT2D eigenvalue weighted by molar-refractivity contribution is 7.89. The fourth-order valence-corrected chi connectivity index (χ4v) is 4.15. The summed E-state index contributed by atoms with van der Waals surface area (Å²) in [6, 6.07) is 12.8. The van der Waals surface area contributed by atoms with Crippen LogP contribution in [0.5, 0.6) is 5.75 Å². The van der Waals surface area contributed by atoms with E-state index in [4.69, 9.17) is 9.47 Å². The van der Waals surface area contributed by atoms with Gasteiger partial charge in [0, 0.05) is 24.7 Å². The lowest BCUT2D eigenvalue weighted by Gasteiger charge is -2.18. The van der Waals surface area contributed by atoms with E-state index in [1.165, 1.54) is 35.7 Å². The van der Waals surface area contributed by atoms with E-state index in [-0.39, 0.29) is 10.7 Å².